The van der Waals surface area contributed by atoms with Gasteiger partial charge in [0, 0.05) is 31.5 Å². The molecule has 2 fully saturated rings. The summed E-state index contributed by atoms with van der Waals surface area (Å²) in [5.41, 5.74) is -1.08. The Balaban J connectivity index is 2.04. The Morgan fingerprint density at radius 2 is 2.03 bits per heavy atom. The Hall–Kier alpha value is -2.55. The SMILES string of the molecule is COC(=O)[C@H]1C(=O)N(C)C[C@]2(CCN(C(=O)OC(C)(C)C)[C@@H]2O)[C@@H]1c1ccoc1. The fourth-order valence-electron chi connectivity index (χ4n) is 4.55. The molecule has 0 bridgehead atoms. The van der Waals surface area contributed by atoms with Gasteiger partial charge in [-0.05, 0) is 38.8 Å². The van der Waals surface area contributed by atoms with E-state index in [0.717, 1.165) is 0 Å². The first-order chi connectivity index (χ1) is 13.5. The smallest absolute Gasteiger partial charge is 0.412 e. The summed E-state index contributed by atoms with van der Waals surface area (Å²) in [6, 6.07) is 1.67. The summed E-state index contributed by atoms with van der Waals surface area (Å²) in [6.07, 6.45) is 1.41. The predicted octanol–water partition coefficient (Wildman–Crippen LogP) is 1.57. The number of aliphatic hydroxyl groups excluding tert-OH is 1. The van der Waals surface area contributed by atoms with Crippen LogP contribution in [0.2, 0.25) is 0 Å². The molecule has 160 valence electrons. The van der Waals surface area contributed by atoms with Gasteiger partial charge in [-0.1, -0.05) is 0 Å². The molecule has 3 heterocycles. The maximum Gasteiger partial charge on any atom is 0.412 e. The molecular weight excluding hydrogens is 380 g/mol. The molecule has 1 aromatic rings. The van der Waals surface area contributed by atoms with Crippen LogP contribution in [0.4, 0.5) is 4.79 Å². The van der Waals surface area contributed by atoms with E-state index in [0.29, 0.717) is 12.0 Å². The highest BCUT2D eigenvalue weighted by Gasteiger charge is 2.62. The Kier molecular flexibility index (Phi) is 5.38. The minimum Gasteiger partial charge on any atom is -0.472 e. The van der Waals surface area contributed by atoms with Gasteiger partial charge in [-0.2, -0.15) is 0 Å². The van der Waals surface area contributed by atoms with Crippen molar-refractivity contribution in [2.75, 3.05) is 27.2 Å². The monoisotopic (exact) mass is 408 g/mol. The highest BCUT2D eigenvalue weighted by Crippen LogP contribution is 2.54. The number of carbonyl (C=O) groups excluding carboxylic acids is 3. The average Bonchev–Trinajstić information content (AvgIpc) is 3.25. The van der Waals surface area contributed by atoms with E-state index in [1.54, 1.807) is 33.9 Å². The van der Waals surface area contributed by atoms with Crippen LogP contribution in [0.25, 0.3) is 0 Å². The number of amides is 2. The molecule has 9 heteroatoms. The molecule has 2 aliphatic rings. The van der Waals surface area contributed by atoms with Crippen LogP contribution >= 0.6 is 0 Å². The summed E-state index contributed by atoms with van der Waals surface area (Å²) in [4.78, 5) is 40.8. The maximum atomic E-state index is 12.9. The van der Waals surface area contributed by atoms with E-state index in [1.165, 1.54) is 29.4 Å². The zero-order valence-electron chi connectivity index (χ0n) is 17.4. The summed E-state index contributed by atoms with van der Waals surface area (Å²) < 4.78 is 15.5. The zero-order chi connectivity index (χ0) is 21.6. The number of methoxy groups -OCH3 is 1. The quantitative estimate of drug-likeness (QED) is 0.584. The number of carbonyl (C=O) groups is 3. The normalized spacial score (nSPS) is 30.0. The van der Waals surface area contributed by atoms with E-state index in [2.05, 4.69) is 0 Å². The first-order valence-electron chi connectivity index (χ1n) is 9.54. The van der Waals surface area contributed by atoms with E-state index in [1.807, 2.05) is 0 Å². The third kappa shape index (κ3) is 3.59. The van der Waals surface area contributed by atoms with Gasteiger partial charge >= 0.3 is 12.1 Å². The molecule has 0 radical (unpaired) electrons. The summed E-state index contributed by atoms with van der Waals surface area (Å²) >= 11 is 0. The lowest BCUT2D eigenvalue weighted by atomic mass is 9.62. The molecule has 3 rings (SSSR count). The number of aliphatic hydroxyl groups is 1. The number of hydrogen-bond donors (Lipinski definition) is 1. The second kappa shape index (κ2) is 7.37. The van der Waals surface area contributed by atoms with Crippen LogP contribution in [0.15, 0.2) is 23.0 Å². The number of rotatable bonds is 2. The minimum absolute atomic E-state index is 0.176. The van der Waals surface area contributed by atoms with Crippen molar-refractivity contribution in [2.45, 2.75) is 44.9 Å². The Morgan fingerprint density at radius 1 is 1.34 bits per heavy atom. The van der Waals surface area contributed by atoms with Crippen LogP contribution in [0.5, 0.6) is 0 Å². The predicted molar refractivity (Wildman–Crippen MR) is 101 cm³/mol. The molecule has 1 aromatic heterocycles. The molecule has 2 aliphatic heterocycles. The molecular formula is C20H28N2O7. The van der Waals surface area contributed by atoms with E-state index in [-0.39, 0.29) is 13.1 Å². The highest BCUT2D eigenvalue weighted by atomic mass is 16.6. The molecule has 0 saturated carbocycles. The van der Waals surface area contributed by atoms with Crippen molar-refractivity contribution in [1.29, 1.82) is 0 Å². The van der Waals surface area contributed by atoms with Crippen molar-refractivity contribution in [3.63, 3.8) is 0 Å². The standard InChI is InChI=1S/C20H28N2O7/c1-19(2,3)29-18(26)22-8-7-20(17(22)25)11-21(4)15(23)13(16(24)27-5)14(20)12-6-9-28-10-12/h6,9-10,13-14,17,25H,7-8,11H2,1-5H3/t13-,14-,17-,20-/m1/s1. The van der Waals surface area contributed by atoms with Crippen LogP contribution < -0.4 is 0 Å². The molecule has 0 aliphatic carbocycles. The van der Waals surface area contributed by atoms with Gasteiger partial charge in [-0.25, -0.2) is 4.79 Å². The molecule has 1 N–H and O–H groups in total. The largest absolute Gasteiger partial charge is 0.472 e. The lowest BCUT2D eigenvalue weighted by Gasteiger charge is -2.49. The van der Waals surface area contributed by atoms with E-state index in [9.17, 15) is 19.5 Å². The van der Waals surface area contributed by atoms with Crippen molar-refractivity contribution in [3.05, 3.63) is 24.2 Å². The fourth-order valence-corrected chi connectivity index (χ4v) is 4.55. The highest BCUT2D eigenvalue weighted by molar-refractivity contribution is 5.99. The van der Waals surface area contributed by atoms with Crippen molar-refractivity contribution in [2.24, 2.45) is 11.3 Å². The first kappa shape index (κ1) is 21.2. The van der Waals surface area contributed by atoms with Crippen LogP contribution in [-0.2, 0) is 19.1 Å². The van der Waals surface area contributed by atoms with Crippen molar-refractivity contribution >= 4 is 18.0 Å². The summed E-state index contributed by atoms with van der Waals surface area (Å²) in [5.74, 6) is -2.93. The number of nitrogens with zero attached hydrogens (tertiary/aromatic N) is 2. The molecule has 2 saturated heterocycles. The number of likely N-dealkylation sites (tertiary alicyclic amines) is 2. The number of piperidine rings is 1. The molecule has 4 atom stereocenters. The van der Waals surface area contributed by atoms with Crippen molar-refractivity contribution in [1.82, 2.24) is 9.80 Å². The third-order valence-electron chi connectivity index (χ3n) is 5.74. The summed E-state index contributed by atoms with van der Waals surface area (Å²) in [5, 5.41) is 11.3. The van der Waals surface area contributed by atoms with E-state index >= 15 is 0 Å². The average molecular weight is 408 g/mol. The van der Waals surface area contributed by atoms with Gasteiger partial charge in [0.15, 0.2) is 0 Å². The second-order valence-corrected chi connectivity index (χ2v) is 8.76. The van der Waals surface area contributed by atoms with Crippen LogP contribution in [0, 0.1) is 11.3 Å². The molecule has 1 spiro atoms. The van der Waals surface area contributed by atoms with Crippen LogP contribution in [-0.4, -0.2) is 72.0 Å². The second-order valence-electron chi connectivity index (χ2n) is 8.76. The maximum absolute atomic E-state index is 12.9. The fraction of sp³-hybridized carbons (Fsp3) is 0.650. The van der Waals surface area contributed by atoms with Gasteiger partial charge in [0.1, 0.15) is 17.7 Å². The van der Waals surface area contributed by atoms with Gasteiger partial charge in [0.25, 0.3) is 0 Å². The minimum atomic E-state index is -1.25. The lowest BCUT2D eigenvalue weighted by Crippen LogP contribution is -2.60. The van der Waals surface area contributed by atoms with Gasteiger partial charge in [0.05, 0.1) is 19.6 Å². The number of hydrogen-bond acceptors (Lipinski definition) is 7. The molecule has 0 aromatic carbocycles. The number of furan rings is 1. The third-order valence-corrected chi connectivity index (χ3v) is 5.74. The van der Waals surface area contributed by atoms with Gasteiger partial charge < -0.3 is 23.9 Å². The number of ether oxygens (including phenoxy) is 2. The summed E-state index contributed by atoms with van der Waals surface area (Å²) in [7, 11) is 2.80. The van der Waals surface area contributed by atoms with E-state index < -0.39 is 47.0 Å². The van der Waals surface area contributed by atoms with Crippen molar-refractivity contribution < 1.29 is 33.4 Å². The molecule has 29 heavy (non-hydrogen) atoms. The van der Waals surface area contributed by atoms with Gasteiger partial charge in [-0.15, -0.1) is 0 Å². The summed E-state index contributed by atoms with van der Waals surface area (Å²) in [6.45, 7) is 5.66. The lowest BCUT2D eigenvalue weighted by molar-refractivity contribution is -0.167. The first-order valence-corrected chi connectivity index (χ1v) is 9.54. The number of esters is 1. The Morgan fingerprint density at radius 3 is 2.59 bits per heavy atom. The Labute approximate surface area is 169 Å². The molecule has 9 nitrogen and oxygen atoms in total. The van der Waals surface area contributed by atoms with Crippen LogP contribution in [0.1, 0.15) is 38.7 Å². The molecule has 2 amide bonds. The molecule has 0 unspecified atom stereocenters. The topological polar surface area (TPSA) is 110 Å². The Bertz CT molecular complexity index is 785. The van der Waals surface area contributed by atoms with Crippen LogP contribution in [0.3, 0.4) is 0 Å². The van der Waals surface area contributed by atoms with Gasteiger partial charge in [-0.3, -0.25) is 14.5 Å². The van der Waals surface area contributed by atoms with E-state index in [4.69, 9.17) is 13.9 Å². The zero-order valence-corrected chi connectivity index (χ0v) is 17.4. The van der Waals surface area contributed by atoms with Crippen molar-refractivity contribution in [3.8, 4) is 0 Å². The van der Waals surface area contributed by atoms with Gasteiger partial charge in [0.2, 0.25) is 5.91 Å².